The highest BCUT2D eigenvalue weighted by Crippen LogP contribution is 2.30. The Balaban J connectivity index is 1.87. The first kappa shape index (κ1) is 16.6. The molecule has 0 aliphatic carbocycles. The van der Waals surface area contributed by atoms with Crippen LogP contribution in [0.1, 0.15) is 18.5 Å². The predicted molar refractivity (Wildman–Crippen MR) is 94.8 cm³/mol. The molecule has 0 spiro atoms. The minimum Gasteiger partial charge on any atom is -0.373 e. The fourth-order valence-corrected chi connectivity index (χ4v) is 2.92. The van der Waals surface area contributed by atoms with Crippen LogP contribution in [-0.2, 0) is 9.59 Å². The van der Waals surface area contributed by atoms with Gasteiger partial charge in [-0.15, -0.1) is 0 Å². The summed E-state index contributed by atoms with van der Waals surface area (Å²) >= 11 is 12.1. The van der Waals surface area contributed by atoms with Gasteiger partial charge in [0.05, 0.1) is 5.69 Å². The van der Waals surface area contributed by atoms with Crippen LogP contribution >= 0.6 is 23.2 Å². The second-order valence-corrected chi connectivity index (χ2v) is 6.21. The van der Waals surface area contributed by atoms with Gasteiger partial charge in [0, 0.05) is 11.1 Å². The minimum atomic E-state index is -0.563. The van der Waals surface area contributed by atoms with Crippen molar-refractivity contribution in [1.29, 1.82) is 0 Å². The summed E-state index contributed by atoms with van der Waals surface area (Å²) in [6.45, 7) is 1.90. The molecule has 1 atom stereocenters. The Morgan fingerprint density at radius 2 is 1.67 bits per heavy atom. The summed E-state index contributed by atoms with van der Waals surface area (Å²) in [6, 6.07) is 15.9. The quantitative estimate of drug-likeness (QED) is 0.837. The maximum Gasteiger partial charge on any atom is 0.283 e. The summed E-state index contributed by atoms with van der Waals surface area (Å²) in [4.78, 5) is 26.1. The number of nitrogens with one attached hydrogen (secondary N) is 1. The van der Waals surface area contributed by atoms with E-state index in [9.17, 15) is 9.59 Å². The molecule has 2 amide bonds. The lowest BCUT2D eigenvalue weighted by atomic mass is 10.1. The predicted octanol–water partition coefficient (Wildman–Crippen LogP) is 4.01. The standard InChI is InChI=1S/C18H14Cl2N2O2/c1-11(12-6-3-2-4-7-12)21-16-15(20)17(23)22(18(16)24)14-9-5-8-13(19)10-14/h2-11,21H,1H3. The van der Waals surface area contributed by atoms with E-state index in [1.165, 1.54) is 0 Å². The zero-order valence-electron chi connectivity index (χ0n) is 12.8. The summed E-state index contributed by atoms with van der Waals surface area (Å²) in [5, 5.41) is 3.35. The first-order chi connectivity index (χ1) is 11.5. The molecule has 6 heteroatoms. The van der Waals surface area contributed by atoms with Crippen LogP contribution in [0.3, 0.4) is 0 Å². The fourth-order valence-electron chi connectivity index (χ4n) is 2.52. The SMILES string of the molecule is CC(NC1=C(Cl)C(=O)N(c2cccc(Cl)c2)C1=O)c1ccccc1. The molecule has 1 aliphatic heterocycles. The molecule has 0 radical (unpaired) electrons. The molecule has 1 heterocycles. The Hall–Kier alpha value is -2.30. The van der Waals surface area contributed by atoms with Gasteiger partial charge in [0.1, 0.15) is 10.7 Å². The second-order valence-electron chi connectivity index (χ2n) is 5.39. The molecule has 4 nitrogen and oxygen atoms in total. The number of imide groups is 1. The Morgan fingerprint density at radius 1 is 0.958 bits per heavy atom. The zero-order chi connectivity index (χ0) is 17.3. The van der Waals surface area contributed by atoms with Crippen molar-refractivity contribution in [1.82, 2.24) is 5.32 Å². The molecular weight excluding hydrogens is 347 g/mol. The molecule has 24 heavy (non-hydrogen) atoms. The van der Waals surface area contributed by atoms with Crippen molar-refractivity contribution in [2.45, 2.75) is 13.0 Å². The van der Waals surface area contributed by atoms with Crippen LogP contribution in [0, 0.1) is 0 Å². The van der Waals surface area contributed by atoms with E-state index in [4.69, 9.17) is 23.2 Å². The van der Waals surface area contributed by atoms with Crippen molar-refractivity contribution >= 4 is 40.7 Å². The first-order valence-corrected chi connectivity index (χ1v) is 8.10. The molecule has 1 N–H and O–H groups in total. The van der Waals surface area contributed by atoms with Crippen LogP contribution in [-0.4, -0.2) is 11.8 Å². The highest BCUT2D eigenvalue weighted by atomic mass is 35.5. The number of rotatable bonds is 4. The van der Waals surface area contributed by atoms with E-state index in [0.717, 1.165) is 10.5 Å². The van der Waals surface area contributed by atoms with Crippen molar-refractivity contribution in [3.8, 4) is 0 Å². The number of carbonyl (C=O) groups is 2. The van der Waals surface area contributed by atoms with Crippen LogP contribution < -0.4 is 10.2 Å². The lowest BCUT2D eigenvalue weighted by Gasteiger charge is -2.18. The Kier molecular flexibility index (Phi) is 4.60. The lowest BCUT2D eigenvalue weighted by molar-refractivity contribution is -0.120. The third-order valence-electron chi connectivity index (χ3n) is 3.75. The topological polar surface area (TPSA) is 49.4 Å². The van der Waals surface area contributed by atoms with Gasteiger partial charge in [-0.2, -0.15) is 0 Å². The van der Waals surface area contributed by atoms with Gasteiger partial charge in [0.25, 0.3) is 11.8 Å². The molecule has 0 bridgehead atoms. The molecule has 1 unspecified atom stereocenters. The third-order valence-corrected chi connectivity index (χ3v) is 4.34. The van der Waals surface area contributed by atoms with Crippen LogP contribution in [0.2, 0.25) is 5.02 Å². The number of amides is 2. The maximum atomic E-state index is 12.7. The molecule has 0 saturated carbocycles. The summed E-state index contributed by atoms with van der Waals surface area (Å²) < 4.78 is 0. The lowest BCUT2D eigenvalue weighted by Crippen LogP contribution is -2.34. The van der Waals surface area contributed by atoms with E-state index in [0.29, 0.717) is 10.7 Å². The van der Waals surface area contributed by atoms with Gasteiger partial charge in [0.15, 0.2) is 0 Å². The molecule has 122 valence electrons. The number of halogens is 2. The average Bonchev–Trinajstić information content (AvgIpc) is 2.79. The largest absolute Gasteiger partial charge is 0.373 e. The number of hydrogen-bond donors (Lipinski definition) is 1. The van der Waals surface area contributed by atoms with E-state index < -0.39 is 11.8 Å². The number of hydrogen-bond acceptors (Lipinski definition) is 3. The van der Waals surface area contributed by atoms with Crippen LogP contribution in [0.4, 0.5) is 5.69 Å². The minimum absolute atomic E-state index is 0.0954. The van der Waals surface area contributed by atoms with E-state index in [1.54, 1.807) is 24.3 Å². The number of benzene rings is 2. The molecule has 0 aromatic heterocycles. The highest BCUT2D eigenvalue weighted by molar-refractivity contribution is 6.52. The Labute approximate surface area is 149 Å². The van der Waals surface area contributed by atoms with Crippen molar-refractivity contribution in [3.05, 3.63) is 75.9 Å². The molecule has 0 fully saturated rings. The van der Waals surface area contributed by atoms with Crippen LogP contribution in [0.15, 0.2) is 65.3 Å². The molecule has 2 aromatic rings. The van der Waals surface area contributed by atoms with Gasteiger partial charge in [-0.05, 0) is 30.7 Å². The number of carbonyl (C=O) groups excluding carboxylic acids is 2. The fraction of sp³-hybridized carbons (Fsp3) is 0.111. The second kappa shape index (κ2) is 6.67. The summed E-state index contributed by atoms with van der Waals surface area (Å²) in [6.07, 6.45) is 0. The van der Waals surface area contributed by atoms with Crippen molar-refractivity contribution in [3.63, 3.8) is 0 Å². The van der Waals surface area contributed by atoms with Crippen molar-refractivity contribution in [2.75, 3.05) is 4.90 Å². The Morgan fingerprint density at radius 3 is 2.33 bits per heavy atom. The Bertz CT molecular complexity index is 834. The van der Waals surface area contributed by atoms with Crippen LogP contribution in [0.25, 0.3) is 0 Å². The number of anilines is 1. The van der Waals surface area contributed by atoms with Gasteiger partial charge in [-0.25, -0.2) is 4.90 Å². The van der Waals surface area contributed by atoms with Crippen molar-refractivity contribution in [2.24, 2.45) is 0 Å². The van der Waals surface area contributed by atoms with E-state index >= 15 is 0 Å². The molecular formula is C18H14Cl2N2O2. The maximum absolute atomic E-state index is 12.7. The van der Waals surface area contributed by atoms with Gasteiger partial charge in [-0.1, -0.05) is 59.6 Å². The van der Waals surface area contributed by atoms with Crippen molar-refractivity contribution < 1.29 is 9.59 Å². The smallest absolute Gasteiger partial charge is 0.283 e. The molecule has 1 aliphatic rings. The molecule has 2 aromatic carbocycles. The monoisotopic (exact) mass is 360 g/mol. The average molecular weight is 361 g/mol. The van der Waals surface area contributed by atoms with Gasteiger partial charge in [0.2, 0.25) is 0 Å². The summed E-state index contributed by atoms with van der Waals surface area (Å²) in [5.74, 6) is -1.05. The first-order valence-electron chi connectivity index (χ1n) is 7.34. The van der Waals surface area contributed by atoms with E-state index in [2.05, 4.69) is 5.32 Å². The summed E-state index contributed by atoms with van der Waals surface area (Å²) in [7, 11) is 0. The normalized spacial score (nSPS) is 15.9. The highest BCUT2D eigenvalue weighted by Gasteiger charge is 2.39. The molecule has 0 saturated heterocycles. The van der Waals surface area contributed by atoms with Gasteiger partial charge < -0.3 is 5.32 Å². The number of nitrogens with zero attached hydrogens (tertiary/aromatic N) is 1. The van der Waals surface area contributed by atoms with Gasteiger partial charge >= 0.3 is 0 Å². The van der Waals surface area contributed by atoms with E-state index in [-0.39, 0.29) is 16.8 Å². The summed E-state index contributed by atoms with van der Waals surface area (Å²) in [5.41, 5.74) is 1.47. The van der Waals surface area contributed by atoms with E-state index in [1.807, 2.05) is 37.3 Å². The third kappa shape index (κ3) is 3.03. The van der Waals surface area contributed by atoms with Crippen LogP contribution in [0.5, 0.6) is 0 Å². The zero-order valence-corrected chi connectivity index (χ0v) is 14.3. The molecule has 3 rings (SSSR count). The van der Waals surface area contributed by atoms with Gasteiger partial charge in [-0.3, -0.25) is 9.59 Å².